The number of hydrogen-bond acceptors (Lipinski definition) is 7. The number of alkyl halides is 6. The van der Waals surface area contributed by atoms with E-state index < -0.39 is 28.7 Å². The third-order valence-electron chi connectivity index (χ3n) is 7.79. The number of nitrogens with zero attached hydrogens (tertiary/aromatic N) is 4. The van der Waals surface area contributed by atoms with E-state index in [-0.39, 0.29) is 43.3 Å². The average Bonchev–Trinajstić information content (AvgIpc) is 3.41. The van der Waals surface area contributed by atoms with E-state index in [9.17, 15) is 31.1 Å². The topological polar surface area (TPSA) is 78.4 Å². The molecule has 4 heterocycles. The van der Waals surface area contributed by atoms with Crippen LogP contribution in [0.4, 0.5) is 26.3 Å². The molecule has 8 nitrogen and oxygen atoms in total. The van der Waals surface area contributed by atoms with Gasteiger partial charge in [0.1, 0.15) is 5.76 Å². The van der Waals surface area contributed by atoms with Gasteiger partial charge in [-0.1, -0.05) is 0 Å². The lowest BCUT2D eigenvalue weighted by atomic mass is 9.80. The Hall–Kier alpha value is -2.42. The highest BCUT2D eigenvalue weighted by Crippen LogP contribution is 2.51. The molecule has 3 atom stereocenters. The van der Waals surface area contributed by atoms with E-state index in [0.29, 0.717) is 56.6 Å². The number of fused-ring (bicyclic) bond motifs is 2. The average molecular weight is 536 g/mol. The van der Waals surface area contributed by atoms with Gasteiger partial charge in [0.25, 0.3) is 0 Å². The van der Waals surface area contributed by atoms with Gasteiger partial charge in [-0.25, -0.2) is 0 Å². The van der Waals surface area contributed by atoms with Gasteiger partial charge in [0.05, 0.1) is 22.3 Å². The van der Waals surface area contributed by atoms with Crippen molar-refractivity contribution in [3.8, 4) is 0 Å². The van der Waals surface area contributed by atoms with Gasteiger partial charge in [-0.3, -0.25) is 19.9 Å². The van der Waals surface area contributed by atoms with Gasteiger partial charge in [-0.2, -0.15) is 26.3 Å². The number of halogens is 6. The number of carbonyl (C=O) groups is 1. The molecular weight excluding hydrogens is 510 g/mol. The van der Waals surface area contributed by atoms with Crippen molar-refractivity contribution in [3.05, 3.63) is 40.9 Å². The molecule has 37 heavy (non-hydrogen) atoms. The summed E-state index contributed by atoms with van der Waals surface area (Å²) in [6.45, 7) is 1.48. The maximum Gasteiger partial charge on any atom is 0.517 e. The van der Waals surface area contributed by atoms with E-state index in [1.165, 1.54) is 6.08 Å². The Bertz CT molecular complexity index is 1080. The molecule has 1 unspecified atom stereocenters. The van der Waals surface area contributed by atoms with Crippen LogP contribution in [0.25, 0.3) is 0 Å². The van der Waals surface area contributed by atoms with Crippen LogP contribution in [0.5, 0.6) is 0 Å². The molecule has 14 heteroatoms. The maximum atomic E-state index is 13.8. The van der Waals surface area contributed by atoms with Gasteiger partial charge in [-0.15, -0.1) is 0 Å². The first-order valence-corrected chi connectivity index (χ1v) is 12.0. The van der Waals surface area contributed by atoms with Crippen molar-refractivity contribution in [2.75, 3.05) is 26.2 Å². The predicted octanol–water partition coefficient (Wildman–Crippen LogP) is 3.66. The Kier molecular flexibility index (Phi) is 6.66. The number of hydroxylamine groups is 2. The van der Waals surface area contributed by atoms with Crippen LogP contribution < -0.4 is 0 Å². The van der Waals surface area contributed by atoms with Crippen molar-refractivity contribution < 1.29 is 45.9 Å². The largest absolute Gasteiger partial charge is 0.517 e. The Morgan fingerprint density at radius 3 is 2.68 bits per heavy atom. The summed E-state index contributed by atoms with van der Waals surface area (Å²) in [5.41, 5.74) is -0.692. The predicted molar refractivity (Wildman–Crippen MR) is 113 cm³/mol. The highest BCUT2D eigenvalue weighted by Gasteiger charge is 2.58. The van der Waals surface area contributed by atoms with E-state index in [0.717, 1.165) is 12.3 Å². The van der Waals surface area contributed by atoms with E-state index >= 15 is 0 Å². The van der Waals surface area contributed by atoms with Crippen LogP contribution in [0.3, 0.4) is 0 Å². The first kappa shape index (κ1) is 26.2. The molecule has 3 aliphatic heterocycles. The van der Waals surface area contributed by atoms with Gasteiger partial charge in [-0.05, 0) is 37.0 Å². The number of hydrogen-bond donors (Lipinski definition) is 1. The van der Waals surface area contributed by atoms with Crippen LogP contribution in [-0.2, 0) is 33.5 Å². The van der Waals surface area contributed by atoms with E-state index in [1.54, 1.807) is 4.90 Å². The molecule has 1 aliphatic carbocycles. The minimum Gasteiger partial charge on any atom is -0.377 e. The fraction of sp³-hybridized carbons (Fsp3) is 0.652. The summed E-state index contributed by atoms with van der Waals surface area (Å²) in [7, 11) is 0. The first-order valence-electron chi connectivity index (χ1n) is 12.0. The van der Waals surface area contributed by atoms with Crippen molar-refractivity contribution in [2.24, 2.45) is 5.41 Å². The Morgan fingerprint density at radius 1 is 1.22 bits per heavy atom. The molecule has 204 valence electrons. The SMILES string of the molecule is O=C(N1CCc2ncc(C(F)(F)F)cc2C1)[C@@]12CCO[C@@H]1CC(N1CC=C(ON(O)C(F)(F)F)CC1)C2. The summed E-state index contributed by atoms with van der Waals surface area (Å²) in [6.07, 6.45) is -5.55. The van der Waals surface area contributed by atoms with Crippen LogP contribution in [0.15, 0.2) is 24.1 Å². The molecule has 0 spiro atoms. The lowest BCUT2D eigenvalue weighted by Gasteiger charge is -2.37. The molecule has 0 radical (unpaired) electrons. The van der Waals surface area contributed by atoms with Crippen LogP contribution in [-0.4, -0.2) is 75.8 Å². The lowest BCUT2D eigenvalue weighted by Crippen LogP contribution is -2.48. The molecule has 4 aliphatic rings. The Balaban J connectivity index is 1.26. The number of pyridine rings is 1. The van der Waals surface area contributed by atoms with Crippen molar-refractivity contribution >= 4 is 5.91 Å². The highest BCUT2D eigenvalue weighted by molar-refractivity contribution is 5.84. The number of aromatic nitrogens is 1. The molecule has 1 aromatic heterocycles. The van der Waals surface area contributed by atoms with Crippen molar-refractivity contribution in [1.29, 1.82) is 0 Å². The van der Waals surface area contributed by atoms with Crippen LogP contribution in [0.1, 0.15) is 42.5 Å². The third kappa shape index (κ3) is 5.03. The van der Waals surface area contributed by atoms with E-state index in [2.05, 4.69) is 9.82 Å². The minimum absolute atomic E-state index is 0.00452. The highest BCUT2D eigenvalue weighted by atomic mass is 19.4. The van der Waals surface area contributed by atoms with Crippen LogP contribution in [0.2, 0.25) is 0 Å². The summed E-state index contributed by atoms with van der Waals surface area (Å²) in [4.78, 5) is 25.9. The van der Waals surface area contributed by atoms with Crippen LogP contribution in [0, 0.1) is 5.41 Å². The molecule has 0 bridgehead atoms. The normalized spacial score (nSPS) is 28.8. The number of amides is 1. The quantitative estimate of drug-likeness (QED) is 0.358. The molecular formula is C23H26F6N4O4. The second-order valence-corrected chi connectivity index (χ2v) is 9.91. The van der Waals surface area contributed by atoms with Gasteiger partial charge in [0.15, 0.2) is 0 Å². The van der Waals surface area contributed by atoms with Gasteiger partial charge in [0.2, 0.25) is 5.91 Å². The molecule has 1 amide bonds. The van der Waals surface area contributed by atoms with Gasteiger partial charge < -0.3 is 14.5 Å². The van der Waals surface area contributed by atoms with Gasteiger partial charge in [0, 0.05) is 63.6 Å². The zero-order valence-electron chi connectivity index (χ0n) is 19.7. The number of rotatable bonds is 4. The summed E-state index contributed by atoms with van der Waals surface area (Å²) >= 11 is 0. The molecule has 0 aromatic carbocycles. The van der Waals surface area contributed by atoms with Crippen LogP contribution >= 0.6 is 0 Å². The van der Waals surface area contributed by atoms with Crippen molar-refractivity contribution in [3.63, 3.8) is 0 Å². The van der Waals surface area contributed by atoms with E-state index in [4.69, 9.17) is 9.94 Å². The second-order valence-electron chi connectivity index (χ2n) is 9.91. The maximum absolute atomic E-state index is 13.8. The fourth-order valence-electron chi connectivity index (χ4n) is 5.91. The summed E-state index contributed by atoms with van der Waals surface area (Å²) in [5.74, 6) is -0.145. The monoisotopic (exact) mass is 536 g/mol. The zero-order valence-corrected chi connectivity index (χ0v) is 19.7. The second kappa shape index (κ2) is 9.40. The molecule has 1 saturated carbocycles. The lowest BCUT2D eigenvalue weighted by molar-refractivity contribution is -0.476. The first-order chi connectivity index (χ1) is 17.4. The summed E-state index contributed by atoms with van der Waals surface area (Å²) < 4.78 is 82.9. The number of ether oxygens (including phenoxy) is 1. The van der Waals surface area contributed by atoms with Crippen molar-refractivity contribution in [2.45, 2.75) is 63.3 Å². The molecule has 1 N–H and O–H groups in total. The molecule has 5 rings (SSSR count). The third-order valence-corrected chi connectivity index (χ3v) is 7.79. The number of carbonyl (C=O) groups excluding carboxylic acids is 1. The summed E-state index contributed by atoms with van der Waals surface area (Å²) in [5, 5.41) is 7.85. The minimum atomic E-state index is -5.04. The standard InChI is InChI=1S/C23H26F6N4O4/c24-22(25,26)15-9-14-13-32(7-3-18(14)30-12-15)20(34)21-4-8-36-19(21)10-16(11-21)31-5-1-17(2-6-31)37-33(35)23(27,28)29/h1,9,12,16,19,35H,2-8,10-11,13H2/t16?,19-,21-/m1/s1. The van der Waals surface area contributed by atoms with Crippen molar-refractivity contribution in [1.82, 2.24) is 20.0 Å². The van der Waals surface area contributed by atoms with Gasteiger partial charge >= 0.3 is 12.5 Å². The molecule has 1 saturated heterocycles. The fourth-order valence-corrected chi connectivity index (χ4v) is 5.91. The molecule has 1 aromatic rings. The summed E-state index contributed by atoms with van der Waals surface area (Å²) in [6, 6.07) is 1.00. The van der Waals surface area contributed by atoms with E-state index in [1.807, 2.05) is 4.90 Å². The Morgan fingerprint density at radius 2 is 2.00 bits per heavy atom. The smallest absolute Gasteiger partial charge is 0.377 e. The zero-order chi connectivity index (χ0) is 26.6. The molecule has 2 fully saturated rings. The Labute approximate surface area is 208 Å².